The van der Waals surface area contributed by atoms with Crippen LogP contribution in [0.2, 0.25) is 0 Å². The van der Waals surface area contributed by atoms with Gasteiger partial charge >= 0.3 is 5.97 Å². The quantitative estimate of drug-likeness (QED) is 0.354. The summed E-state index contributed by atoms with van der Waals surface area (Å²) in [5.41, 5.74) is 0. The van der Waals surface area contributed by atoms with Gasteiger partial charge in [0.1, 0.15) is 0 Å². The number of aliphatic imine (C=N–C) groups is 1. The fourth-order valence-electron chi connectivity index (χ4n) is 2.31. The van der Waals surface area contributed by atoms with Crippen LogP contribution in [0.25, 0.3) is 0 Å². The van der Waals surface area contributed by atoms with Crippen LogP contribution < -0.4 is 5.32 Å². The monoisotopic (exact) mass is 255 g/mol. The summed E-state index contributed by atoms with van der Waals surface area (Å²) in [6.45, 7) is 6.72. The Labute approximate surface area is 110 Å². The molecule has 0 bridgehead atoms. The zero-order chi connectivity index (χ0) is 13.5. The van der Waals surface area contributed by atoms with Crippen LogP contribution in [0, 0.1) is 11.8 Å². The van der Waals surface area contributed by atoms with Gasteiger partial charge in [-0.2, -0.15) is 0 Å². The van der Waals surface area contributed by atoms with Crippen LogP contribution >= 0.6 is 0 Å². The number of likely N-dealkylation sites (tertiary alicyclic amines) is 1. The van der Waals surface area contributed by atoms with E-state index in [0.29, 0.717) is 12.5 Å². The molecule has 0 aromatic rings. The molecule has 1 fully saturated rings. The largest absolute Gasteiger partial charge is 0.469 e. The van der Waals surface area contributed by atoms with Crippen molar-refractivity contribution >= 4 is 11.9 Å². The second-order valence-electron chi connectivity index (χ2n) is 4.84. The first-order valence-electron chi connectivity index (χ1n) is 6.67. The number of methoxy groups -OCH3 is 1. The fraction of sp³-hybridized carbons (Fsp3) is 0.846. The van der Waals surface area contributed by atoms with Gasteiger partial charge in [-0.15, -0.1) is 0 Å². The van der Waals surface area contributed by atoms with Crippen molar-refractivity contribution < 1.29 is 9.53 Å². The van der Waals surface area contributed by atoms with Gasteiger partial charge in [0.2, 0.25) is 0 Å². The first-order chi connectivity index (χ1) is 8.63. The van der Waals surface area contributed by atoms with E-state index >= 15 is 0 Å². The molecule has 1 heterocycles. The molecule has 104 valence electrons. The molecule has 0 aliphatic carbocycles. The second-order valence-corrected chi connectivity index (χ2v) is 4.84. The Bertz CT molecular complexity index is 305. The third-order valence-electron chi connectivity index (χ3n) is 3.44. The molecule has 2 atom stereocenters. The van der Waals surface area contributed by atoms with Gasteiger partial charge in [-0.25, -0.2) is 0 Å². The maximum atomic E-state index is 11.6. The molecule has 18 heavy (non-hydrogen) atoms. The highest BCUT2D eigenvalue weighted by Crippen LogP contribution is 2.23. The number of hydrogen-bond acceptors (Lipinski definition) is 3. The van der Waals surface area contributed by atoms with E-state index in [4.69, 9.17) is 4.74 Å². The lowest BCUT2D eigenvalue weighted by Gasteiger charge is -2.21. The van der Waals surface area contributed by atoms with E-state index in [1.165, 1.54) is 7.11 Å². The summed E-state index contributed by atoms with van der Waals surface area (Å²) in [5.74, 6) is 1.04. The third kappa shape index (κ3) is 3.62. The average molecular weight is 255 g/mol. The lowest BCUT2D eigenvalue weighted by Crippen LogP contribution is -2.41. The molecule has 1 rings (SSSR count). The minimum atomic E-state index is -0.117. The van der Waals surface area contributed by atoms with Crippen LogP contribution in [0.5, 0.6) is 0 Å². The number of carbonyl (C=O) groups excluding carboxylic acids is 1. The van der Waals surface area contributed by atoms with Crippen molar-refractivity contribution in [3.8, 4) is 0 Å². The van der Waals surface area contributed by atoms with Gasteiger partial charge in [0.05, 0.1) is 13.0 Å². The maximum absolute atomic E-state index is 11.6. The Morgan fingerprint density at radius 3 is 2.78 bits per heavy atom. The van der Waals surface area contributed by atoms with Crippen LogP contribution in [0.3, 0.4) is 0 Å². The van der Waals surface area contributed by atoms with E-state index < -0.39 is 0 Å². The van der Waals surface area contributed by atoms with E-state index in [-0.39, 0.29) is 11.9 Å². The molecular formula is C13H25N3O2. The summed E-state index contributed by atoms with van der Waals surface area (Å²) < 4.78 is 4.84. The molecule has 0 aromatic carbocycles. The van der Waals surface area contributed by atoms with Crippen LogP contribution in [0.4, 0.5) is 0 Å². The molecule has 2 unspecified atom stereocenters. The highest BCUT2D eigenvalue weighted by atomic mass is 16.5. The number of esters is 1. The van der Waals surface area contributed by atoms with Gasteiger partial charge in [0, 0.05) is 26.7 Å². The van der Waals surface area contributed by atoms with Gasteiger partial charge in [-0.05, 0) is 12.3 Å². The first-order valence-corrected chi connectivity index (χ1v) is 6.67. The van der Waals surface area contributed by atoms with Crippen molar-refractivity contribution in [3.63, 3.8) is 0 Å². The second kappa shape index (κ2) is 7.24. The van der Waals surface area contributed by atoms with Crippen LogP contribution in [-0.4, -0.2) is 50.6 Å². The Hall–Kier alpha value is -1.26. The molecule has 5 heteroatoms. The van der Waals surface area contributed by atoms with Crippen molar-refractivity contribution in [1.82, 2.24) is 10.2 Å². The minimum absolute atomic E-state index is 0.0419. The number of nitrogens with one attached hydrogen (secondary N) is 1. The van der Waals surface area contributed by atoms with E-state index in [0.717, 1.165) is 31.9 Å². The molecule has 0 spiro atoms. The Morgan fingerprint density at radius 1 is 1.50 bits per heavy atom. The molecule has 0 amide bonds. The Balaban J connectivity index is 2.54. The van der Waals surface area contributed by atoms with Crippen LogP contribution in [0.15, 0.2) is 4.99 Å². The number of carbonyl (C=O) groups is 1. The van der Waals surface area contributed by atoms with Crippen molar-refractivity contribution in [1.29, 1.82) is 0 Å². The Morgan fingerprint density at radius 2 is 2.22 bits per heavy atom. The number of unbranched alkanes of at least 4 members (excludes halogenated alkanes) is 1. The molecule has 0 saturated carbocycles. The zero-order valence-corrected chi connectivity index (χ0v) is 11.9. The van der Waals surface area contributed by atoms with Gasteiger partial charge in [-0.1, -0.05) is 20.3 Å². The van der Waals surface area contributed by atoms with Gasteiger partial charge in [0.25, 0.3) is 0 Å². The lowest BCUT2D eigenvalue weighted by atomic mass is 9.99. The summed E-state index contributed by atoms with van der Waals surface area (Å²) in [5, 5.41) is 3.33. The highest BCUT2D eigenvalue weighted by molar-refractivity contribution is 5.82. The van der Waals surface area contributed by atoms with Crippen molar-refractivity contribution in [2.75, 3.05) is 33.8 Å². The molecule has 1 aliphatic heterocycles. The number of rotatable bonds is 4. The van der Waals surface area contributed by atoms with E-state index in [1.54, 1.807) is 7.05 Å². The molecule has 5 nitrogen and oxygen atoms in total. The predicted molar refractivity (Wildman–Crippen MR) is 72.5 cm³/mol. The normalized spacial score (nSPS) is 24.2. The first kappa shape index (κ1) is 14.8. The number of ether oxygens (including phenoxy) is 1. The molecule has 1 N–H and O–H groups in total. The Kier molecular flexibility index (Phi) is 5.95. The maximum Gasteiger partial charge on any atom is 0.310 e. The summed E-state index contributed by atoms with van der Waals surface area (Å²) >= 11 is 0. The third-order valence-corrected chi connectivity index (χ3v) is 3.44. The fourth-order valence-corrected chi connectivity index (χ4v) is 2.31. The number of guanidine groups is 1. The molecule has 1 saturated heterocycles. The smallest absolute Gasteiger partial charge is 0.310 e. The number of hydrogen-bond donors (Lipinski definition) is 1. The van der Waals surface area contributed by atoms with E-state index in [2.05, 4.69) is 29.1 Å². The van der Waals surface area contributed by atoms with Crippen molar-refractivity contribution in [3.05, 3.63) is 0 Å². The van der Waals surface area contributed by atoms with Gasteiger partial charge < -0.3 is 15.0 Å². The van der Waals surface area contributed by atoms with Crippen LogP contribution in [0.1, 0.15) is 26.7 Å². The predicted octanol–water partition coefficient (Wildman–Crippen LogP) is 1.10. The summed E-state index contributed by atoms with van der Waals surface area (Å²) in [6.07, 6.45) is 2.29. The summed E-state index contributed by atoms with van der Waals surface area (Å²) in [4.78, 5) is 18.0. The average Bonchev–Trinajstić information content (AvgIpc) is 2.76. The van der Waals surface area contributed by atoms with Crippen molar-refractivity contribution in [2.24, 2.45) is 16.8 Å². The SMILES string of the molecule is CCCCNC(=NC)N1CC(C)C(C(=O)OC)C1. The summed E-state index contributed by atoms with van der Waals surface area (Å²) in [6, 6.07) is 0. The molecule has 1 aliphatic rings. The van der Waals surface area contributed by atoms with E-state index in [1.807, 2.05) is 0 Å². The van der Waals surface area contributed by atoms with Crippen LogP contribution in [-0.2, 0) is 9.53 Å². The topological polar surface area (TPSA) is 53.9 Å². The van der Waals surface area contributed by atoms with Gasteiger partial charge in [0.15, 0.2) is 5.96 Å². The lowest BCUT2D eigenvalue weighted by molar-refractivity contribution is -0.145. The highest BCUT2D eigenvalue weighted by Gasteiger charge is 2.36. The summed E-state index contributed by atoms with van der Waals surface area (Å²) in [7, 11) is 3.23. The molecule has 0 radical (unpaired) electrons. The van der Waals surface area contributed by atoms with Gasteiger partial charge in [-0.3, -0.25) is 9.79 Å². The zero-order valence-electron chi connectivity index (χ0n) is 11.9. The molecular weight excluding hydrogens is 230 g/mol. The molecule has 0 aromatic heterocycles. The van der Waals surface area contributed by atoms with Crippen molar-refractivity contribution in [2.45, 2.75) is 26.7 Å². The standard InChI is InChI=1S/C13H25N3O2/c1-5-6-7-15-13(14-3)16-8-10(2)11(9-16)12(17)18-4/h10-11H,5-9H2,1-4H3,(H,14,15). The number of nitrogens with zero attached hydrogens (tertiary/aromatic N) is 2. The van der Waals surface area contributed by atoms with E-state index in [9.17, 15) is 4.79 Å². The minimum Gasteiger partial charge on any atom is -0.469 e.